The van der Waals surface area contributed by atoms with Gasteiger partial charge in [0.15, 0.2) is 0 Å². The number of benzene rings is 3. The highest BCUT2D eigenvalue weighted by atomic mass is 16.5. The number of carboxylic acids is 1. The van der Waals surface area contributed by atoms with Crippen LogP contribution in [-0.4, -0.2) is 47.2 Å². The van der Waals surface area contributed by atoms with Gasteiger partial charge in [0.2, 0.25) is 5.91 Å². The minimum absolute atomic E-state index is 0.0925. The van der Waals surface area contributed by atoms with Crippen molar-refractivity contribution >= 4 is 18.0 Å². The zero-order valence-electron chi connectivity index (χ0n) is 20.2. The van der Waals surface area contributed by atoms with Crippen molar-refractivity contribution in [1.82, 2.24) is 10.2 Å². The number of ether oxygens (including phenoxy) is 1. The number of alkyl carbamates (subject to hydrolysis) is 1. The van der Waals surface area contributed by atoms with Crippen molar-refractivity contribution in [2.75, 3.05) is 13.2 Å². The summed E-state index contributed by atoms with van der Waals surface area (Å²) < 4.78 is 5.61. The molecule has 0 fully saturated rings. The van der Waals surface area contributed by atoms with E-state index in [1.165, 1.54) is 4.90 Å². The SMILES string of the molecule is CCC[C@H](NC(=O)OCC1c2ccccc2-c2ccccc21)C(=O)N(CC(=O)O)Cc1ccccc1. The van der Waals surface area contributed by atoms with Crippen LogP contribution in [0.2, 0.25) is 0 Å². The molecule has 0 aliphatic heterocycles. The van der Waals surface area contributed by atoms with E-state index in [9.17, 15) is 19.5 Å². The molecule has 0 bridgehead atoms. The highest BCUT2D eigenvalue weighted by molar-refractivity contribution is 5.88. The average molecular weight is 487 g/mol. The molecule has 7 nitrogen and oxygen atoms in total. The van der Waals surface area contributed by atoms with E-state index in [1.807, 2.05) is 73.7 Å². The molecule has 2 N–H and O–H groups in total. The fourth-order valence-corrected chi connectivity index (χ4v) is 4.73. The zero-order chi connectivity index (χ0) is 25.5. The van der Waals surface area contributed by atoms with Gasteiger partial charge in [0.05, 0.1) is 0 Å². The number of aliphatic carboxylic acids is 1. The lowest BCUT2D eigenvalue weighted by molar-refractivity contribution is -0.145. The number of amides is 2. The molecule has 0 unspecified atom stereocenters. The summed E-state index contributed by atoms with van der Waals surface area (Å²) in [7, 11) is 0. The lowest BCUT2D eigenvalue weighted by Gasteiger charge is -2.26. The van der Waals surface area contributed by atoms with Crippen molar-refractivity contribution < 1.29 is 24.2 Å². The summed E-state index contributed by atoms with van der Waals surface area (Å²) in [5.41, 5.74) is 5.27. The number of nitrogens with zero attached hydrogens (tertiary/aromatic N) is 1. The van der Waals surface area contributed by atoms with E-state index in [1.54, 1.807) is 0 Å². The van der Waals surface area contributed by atoms with Crippen molar-refractivity contribution in [2.45, 2.75) is 38.3 Å². The number of carbonyl (C=O) groups excluding carboxylic acids is 2. The molecule has 36 heavy (non-hydrogen) atoms. The third-order valence-electron chi connectivity index (χ3n) is 6.37. The van der Waals surface area contributed by atoms with Gasteiger partial charge in [-0.15, -0.1) is 0 Å². The minimum Gasteiger partial charge on any atom is -0.480 e. The van der Waals surface area contributed by atoms with E-state index >= 15 is 0 Å². The average Bonchev–Trinajstić information content (AvgIpc) is 3.20. The van der Waals surface area contributed by atoms with Gasteiger partial charge < -0.3 is 20.1 Å². The van der Waals surface area contributed by atoms with Crippen LogP contribution >= 0.6 is 0 Å². The van der Waals surface area contributed by atoms with Crippen molar-refractivity contribution in [3.8, 4) is 11.1 Å². The molecule has 1 aliphatic carbocycles. The maximum absolute atomic E-state index is 13.3. The van der Waals surface area contributed by atoms with E-state index in [4.69, 9.17) is 4.74 Å². The first kappa shape index (κ1) is 25.0. The second-order valence-corrected chi connectivity index (χ2v) is 8.88. The van der Waals surface area contributed by atoms with E-state index < -0.39 is 30.6 Å². The highest BCUT2D eigenvalue weighted by Gasteiger charge is 2.31. The normalized spacial score (nSPS) is 12.8. The number of fused-ring (bicyclic) bond motifs is 3. The summed E-state index contributed by atoms with van der Waals surface area (Å²) in [6.07, 6.45) is 0.305. The van der Waals surface area contributed by atoms with Crippen LogP contribution in [0.4, 0.5) is 4.79 Å². The van der Waals surface area contributed by atoms with Gasteiger partial charge in [-0.2, -0.15) is 0 Å². The molecule has 0 spiro atoms. The monoisotopic (exact) mass is 486 g/mol. The van der Waals surface area contributed by atoms with Gasteiger partial charge in [-0.05, 0) is 34.2 Å². The maximum atomic E-state index is 13.3. The number of carboxylic acid groups (broad SMARTS) is 1. The van der Waals surface area contributed by atoms with Crippen LogP contribution in [0.5, 0.6) is 0 Å². The Hall–Kier alpha value is -4.13. The fourth-order valence-electron chi connectivity index (χ4n) is 4.73. The number of hydrogen-bond acceptors (Lipinski definition) is 4. The number of carbonyl (C=O) groups is 3. The van der Waals surface area contributed by atoms with E-state index in [0.717, 1.165) is 27.8 Å². The summed E-state index contributed by atoms with van der Waals surface area (Å²) in [6.45, 7) is 1.72. The third kappa shape index (κ3) is 5.74. The second kappa shape index (κ2) is 11.5. The van der Waals surface area contributed by atoms with Crippen molar-refractivity contribution in [1.29, 1.82) is 0 Å². The van der Waals surface area contributed by atoms with Gasteiger partial charge >= 0.3 is 12.1 Å². The lowest BCUT2D eigenvalue weighted by atomic mass is 9.98. The molecule has 0 radical (unpaired) electrons. The second-order valence-electron chi connectivity index (χ2n) is 8.88. The number of nitrogens with one attached hydrogen (secondary N) is 1. The summed E-state index contributed by atoms with van der Waals surface area (Å²) in [5, 5.41) is 12.0. The topological polar surface area (TPSA) is 95.9 Å². The van der Waals surface area contributed by atoms with E-state index in [2.05, 4.69) is 17.4 Å². The van der Waals surface area contributed by atoms with Crippen molar-refractivity contribution in [3.05, 3.63) is 95.6 Å². The molecule has 3 aromatic carbocycles. The molecule has 0 aromatic heterocycles. The van der Waals surface area contributed by atoms with E-state index in [-0.39, 0.29) is 19.1 Å². The van der Waals surface area contributed by atoms with Crippen molar-refractivity contribution in [2.24, 2.45) is 0 Å². The van der Waals surface area contributed by atoms with Gasteiger partial charge in [-0.1, -0.05) is 92.2 Å². The summed E-state index contributed by atoms with van der Waals surface area (Å²) in [6, 6.07) is 24.4. The Balaban J connectivity index is 1.44. The Morgan fingerprint density at radius 2 is 1.50 bits per heavy atom. The minimum atomic E-state index is -1.12. The van der Waals surface area contributed by atoms with Gasteiger partial charge in [0.1, 0.15) is 19.2 Å². The first-order valence-electron chi connectivity index (χ1n) is 12.1. The Morgan fingerprint density at radius 3 is 2.08 bits per heavy atom. The first-order valence-corrected chi connectivity index (χ1v) is 12.1. The molecule has 3 aromatic rings. The Labute approximate surface area is 210 Å². The van der Waals surface area contributed by atoms with Crippen LogP contribution in [-0.2, 0) is 20.9 Å². The van der Waals surface area contributed by atoms with Crippen LogP contribution < -0.4 is 5.32 Å². The quantitative estimate of drug-likeness (QED) is 0.429. The van der Waals surface area contributed by atoms with Gasteiger partial charge in [-0.3, -0.25) is 9.59 Å². The molecule has 4 rings (SSSR count). The molecule has 1 atom stereocenters. The van der Waals surface area contributed by atoms with Crippen LogP contribution in [0.1, 0.15) is 42.4 Å². The van der Waals surface area contributed by atoms with Crippen LogP contribution in [0.3, 0.4) is 0 Å². The Bertz CT molecular complexity index is 1180. The van der Waals surface area contributed by atoms with Crippen LogP contribution in [0.25, 0.3) is 11.1 Å². The summed E-state index contributed by atoms with van der Waals surface area (Å²) in [5.74, 6) is -1.66. The predicted octanol–water partition coefficient (Wildman–Crippen LogP) is 4.81. The Kier molecular flexibility index (Phi) is 8.00. The molecule has 1 aliphatic rings. The fraction of sp³-hybridized carbons (Fsp3) is 0.276. The molecule has 0 heterocycles. The molecule has 2 amide bonds. The van der Waals surface area contributed by atoms with Gasteiger partial charge in [-0.25, -0.2) is 4.79 Å². The molecular formula is C29H30N2O5. The highest BCUT2D eigenvalue weighted by Crippen LogP contribution is 2.44. The molecule has 186 valence electrons. The zero-order valence-corrected chi connectivity index (χ0v) is 20.2. The maximum Gasteiger partial charge on any atom is 0.407 e. The van der Waals surface area contributed by atoms with Gasteiger partial charge in [0.25, 0.3) is 0 Å². The van der Waals surface area contributed by atoms with E-state index in [0.29, 0.717) is 12.8 Å². The molecule has 0 saturated heterocycles. The van der Waals surface area contributed by atoms with Crippen LogP contribution in [0, 0.1) is 0 Å². The summed E-state index contributed by atoms with van der Waals surface area (Å²) >= 11 is 0. The Morgan fingerprint density at radius 1 is 0.917 bits per heavy atom. The third-order valence-corrected chi connectivity index (χ3v) is 6.37. The van der Waals surface area contributed by atoms with Gasteiger partial charge in [0, 0.05) is 12.5 Å². The lowest BCUT2D eigenvalue weighted by Crippen LogP contribution is -2.49. The first-order chi connectivity index (χ1) is 17.5. The smallest absolute Gasteiger partial charge is 0.407 e. The molecule has 7 heteroatoms. The summed E-state index contributed by atoms with van der Waals surface area (Å²) in [4.78, 5) is 38.8. The van der Waals surface area contributed by atoms with Crippen LogP contribution in [0.15, 0.2) is 78.9 Å². The standard InChI is InChI=1S/C29H30N2O5/c1-2-10-26(28(34)31(18-27(32)33)17-20-11-4-3-5-12-20)30-29(35)36-19-25-23-15-8-6-13-21(23)22-14-7-9-16-24(22)25/h3-9,11-16,25-26H,2,10,17-19H2,1H3,(H,30,35)(H,32,33)/t26-/m0/s1. The number of hydrogen-bond donors (Lipinski definition) is 2. The number of rotatable bonds is 10. The largest absolute Gasteiger partial charge is 0.480 e. The predicted molar refractivity (Wildman–Crippen MR) is 136 cm³/mol. The molecular weight excluding hydrogens is 456 g/mol. The molecule has 0 saturated carbocycles. The van der Waals surface area contributed by atoms with Crippen molar-refractivity contribution in [3.63, 3.8) is 0 Å².